The standard InChI is InChI=1S/C15H18N2O/c1-11-8-9-15(18)14(17-11)10-16-12(2)13-6-4-3-5-7-13/h3-9,12,16,18H,10H2,1-2H3. The first kappa shape index (κ1) is 12.6. The van der Waals surface area contributed by atoms with Gasteiger partial charge in [0, 0.05) is 18.3 Å². The second kappa shape index (κ2) is 5.65. The molecule has 0 bridgehead atoms. The summed E-state index contributed by atoms with van der Waals surface area (Å²) in [6.45, 7) is 4.58. The third-order valence-electron chi connectivity index (χ3n) is 2.96. The Kier molecular flexibility index (Phi) is 3.95. The Labute approximate surface area is 108 Å². The van der Waals surface area contributed by atoms with Crippen molar-refractivity contribution in [3.8, 4) is 5.75 Å². The lowest BCUT2D eigenvalue weighted by atomic mass is 10.1. The van der Waals surface area contributed by atoms with Gasteiger partial charge in [-0.3, -0.25) is 4.98 Å². The summed E-state index contributed by atoms with van der Waals surface area (Å²) >= 11 is 0. The number of benzene rings is 1. The number of rotatable bonds is 4. The quantitative estimate of drug-likeness (QED) is 0.866. The minimum Gasteiger partial charge on any atom is -0.506 e. The van der Waals surface area contributed by atoms with E-state index in [0.29, 0.717) is 12.2 Å². The Bertz CT molecular complexity index is 511. The normalized spacial score (nSPS) is 12.3. The largest absolute Gasteiger partial charge is 0.506 e. The van der Waals surface area contributed by atoms with Crippen LogP contribution in [0, 0.1) is 6.92 Å². The van der Waals surface area contributed by atoms with E-state index in [4.69, 9.17) is 0 Å². The molecule has 2 rings (SSSR count). The van der Waals surface area contributed by atoms with Crippen molar-refractivity contribution in [2.45, 2.75) is 26.4 Å². The zero-order valence-corrected chi connectivity index (χ0v) is 10.7. The first-order chi connectivity index (χ1) is 8.66. The molecular weight excluding hydrogens is 224 g/mol. The maximum Gasteiger partial charge on any atom is 0.138 e. The number of aromatic hydroxyl groups is 1. The molecule has 3 nitrogen and oxygen atoms in total. The summed E-state index contributed by atoms with van der Waals surface area (Å²) in [4.78, 5) is 4.33. The van der Waals surface area contributed by atoms with Crippen LogP contribution in [0.15, 0.2) is 42.5 Å². The molecule has 1 aromatic heterocycles. The lowest BCUT2D eigenvalue weighted by molar-refractivity contribution is 0.454. The molecule has 1 heterocycles. The molecule has 2 aromatic rings. The monoisotopic (exact) mass is 242 g/mol. The highest BCUT2D eigenvalue weighted by atomic mass is 16.3. The van der Waals surface area contributed by atoms with Gasteiger partial charge >= 0.3 is 0 Å². The predicted octanol–water partition coefficient (Wildman–Crippen LogP) is 2.95. The Morgan fingerprint density at radius 1 is 1.17 bits per heavy atom. The smallest absolute Gasteiger partial charge is 0.138 e. The van der Waals surface area contributed by atoms with Gasteiger partial charge in [0.05, 0.1) is 5.69 Å². The van der Waals surface area contributed by atoms with Crippen LogP contribution in [0.5, 0.6) is 5.75 Å². The van der Waals surface area contributed by atoms with Gasteiger partial charge < -0.3 is 10.4 Å². The minimum absolute atomic E-state index is 0.230. The first-order valence-corrected chi connectivity index (χ1v) is 6.10. The molecule has 0 aliphatic rings. The van der Waals surface area contributed by atoms with Crippen molar-refractivity contribution in [1.82, 2.24) is 10.3 Å². The molecule has 0 amide bonds. The fourth-order valence-electron chi connectivity index (χ4n) is 1.84. The number of aromatic nitrogens is 1. The van der Waals surface area contributed by atoms with Gasteiger partial charge in [-0.05, 0) is 31.5 Å². The average Bonchev–Trinajstić information content (AvgIpc) is 2.40. The summed E-state index contributed by atoms with van der Waals surface area (Å²) in [5.74, 6) is 0.244. The van der Waals surface area contributed by atoms with Crippen LogP contribution in [-0.2, 0) is 6.54 Å². The third-order valence-corrected chi connectivity index (χ3v) is 2.96. The molecule has 0 fully saturated rings. The first-order valence-electron chi connectivity index (χ1n) is 6.10. The van der Waals surface area contributed by atoms with Crippen LogP contribution in [0.4, 0.5) is 0 Å². The minimum atomic E-state index is 0.230. The average molecular weight is 242 g/mol. The molecule has 2 N–H and O–H groups in total. The van der Waals surface area contributed by atoms with Crippen LogP contribution >= 0.6 is 0 Å². The summed E-state index contributed by atoms with van der Waals surface area (Å²) in [6.07, 6.45) is 0. The van der Waals surface area contributed by atoms with Crippen molar-refractivity contribution >= 4 is 0 Å². The molecule has 0 saturated heterocycles. The number of nitrogens with one attached hydrogen (secondary N) is 1. The van der Waals surface area contributed by atoms with Gasteiger partial charge in [-0.15, -0.1) is 0 Å². The van der Waals surface area contributed by atoms with Crippen LogP contribution < -0.4 is 5.32 Å². The molecular formula is C15H18N2O. The van der Waals surface area contributed by atoms with Crippen molar-refractivity contribution in [1.29, 1.82) is 0 Å². The van der Waals surface area contributed by atoms with Crippen LogP contribution in [0.25, 0.3) is 0 Å². The Morgan fingerprint density at radius 2 is 1.89 bits per heavy atom. The Balaban J connectivity index is 2.01. The Morgan fingerprint density at radius 3 is 2.61 bits per heavy atom. The molecule has 94 valence electrons. The third kappa shape index (κ3) is 3.08. The van der Waals surface area contributed by atoms with Crippen LogP contribution in [0.2, 0.25) is 0 Å². The number of pyridine rings is 1. The van der Waals surface area contributed by atoms with E-state index < -0.39 is 0 Å². The van der Waals surface area contributed by atoms with Crippen molar-refractivity contribution in [3.05, 3.63) is 59.4 Å². The second-order valence-electron chi connectivity index (χ2n) is 4.43. The predicted molar refractivity (Wildman–Crippen MR) is 72.3 cm³/mol. The molecule has 0 spiro atoms. The fourth-order valence-corrected chi connectivity index (χ4v) is 1.84. The SMILES string of the molecule is Cc1ccc(O)c(CNC(C)c2ccccc2)n1. The van der Waals surface area contributed by atoms with Gasteiger partial charge in [0.2, 0.25) is 0 Å². The highest BCUT2D eigenvalue weighted by Crippen LogP contribution is 2.17. The summed E-state index contributed by atoms with van der Waals surface area (Å²) in [5.41, 5.74) is 2.83. The highest BCUT2D eigenvalue weighted by Gasteiger charge is 2.07. The van der Waals surface area contributed by atoms with E-state index in [0.717, 1.165) is 5.69 Å². The van der Waals surface area contributed by atoms with Gasteiger partial charge in [-0.25, -0.2) is 0 Å². The highest BCUT2D eigenvalue weighted by molar-refractivity contribution is 5.27. The fraction of sp³-hybridized carbons (Fsp3) is 0.267. The summed E-state index contributed by atoms with van der Waals surface area (Å²) in [5, 5.41) is 13.1. The van der Waals surface area contributed by atoms with Gasteiger partial charge in [0.15, 0.2) is 0 Å². The summed E-state index contributed by atoms with van der Waals surface area (Å²) in [7, 11) is 0. The molecule has 3 heteroatoms. The number of hydrogen-bond donors (Lipinski definition) is 2. The lowest BCUT2D eigenvalue weighted by Gasteiger charge is -2.14. The molecule has 0 aliphatic carbocycles. The Hall–Kier alpha value is -1.87. The maximum atomic E-state index is 9.72. The molecule has 1 aromatic carbocycles. The van der Waals surface area contributed by atoms with E-state index in [1.54, 1.807) is 12.1 Å². The van der Waals surface area contributed by atoms with Gasteiger partial charge in [0.25, 0.3) is 0 Å². The molecule has 0 saturated carbocycles. The van der Waals surface area contributed by atoms with Gasteiger partial charge in [0.1, 0.15) is 5.75 Å². The lowest BCUT2D eigenvalue weighted by Crippen LogP contribution is -2.18. The molecule has 1 atom stereocenters. The van der Waals surface area contributed by atoms with E-state index in [9.17, 15) is 5.11 Å². The van der Waals surface area contributed by atoms with Gasteiger partial charge in [-0.1, -0.05) is 30.3 Å². The molecule has 1 unspecified atom stereocenters. The van der Waals surface area contributed by atoms with Crippen LogP contribution in [0.1, 0.15) is 29.9 Å². The summed E-state index contributed by atoms with van der Waals surface area (Å²) in [6, 6.07) is 13.9. The summed E-state index contributed by atoms with van der Waals surface area (Å²) < 4.78 is 0. The maximum absolute atomic E-state index is 9.72. The number of nitrogens with zero attached hydrogens (tertiary/aromatic N) is 1. The van der Waals surface area contributed by atoms with E-state index in [2.05, 4.69) is 29.4 Å². The second-order valence-corrected chi connectivity index (χ2v) is 4.43. The van der Waals surface area contributed by atoms with Crippen molar-refractivity contribution in [3.63, 3.8) is 0 Å². The van der Waals surface area contributed by atoms with E-state index in [1.165, 1.54) is 5.56 Å². The molecule has 0 radical (unpaired) electrons. The van der Waals surface area contributed by atoms with Crippen molar-refractivity contribution in [2.75, 3.05) is 0 Å². The molecule has 0 aliphatic heterocycles. The molecule has 18 heavy (non-hydrogen) atoms. The zero-order chi connectivity index (χ0) is 13.0. The zero-order valence-electron chi connectivity index (χ0n) is 10.7. The van der Waals surface area contributed by atoms with Crippen molar-refractivity contribution < 1.29 is 5.11 Å². The topological polar surface area (TPSA) is 45.1 Å². The van der Waals surface area contributed by atoms with Gasteiger partial charge in [-0.2, -0.15) is 0 Å². The van der Waals surface area contributed by atoms with Crippen LogP contribution in [0.3, 0.4) is 0 Å². The van der Waals surface area contributed by atoms with E-state index in [1.807, 2.05) is 25.1 Å². The van der Waals surface area contributed by atoms with E-state index in [-0.39, 0.29) is 11.8 Å². The number of hydrogen-bond acceptors (Lipinski definition) is 3. The van der Waals surface area contributed by atoms with E-state index >= 15 is 0 Å². The number of aryl methyl sites for hydroxylation is 1. The van der Waals surface area contributed by atoms with Crippen molar-refractivity contribution in [2.24, 2.45) is 0 Å². The van der Waals surface area contributed by atoms with Crippen LogP contribution in [-0.4, -0.2) is 10.1 Å².